The average Bonchev–Trinajstić information content (AvgIpc) is 3.25. The molecule has 1 aromatic carbocycles. The highest BCUT2D eigenvalue weighted by atomic mass is 19.4. The molecule has 0 aliphatic rings. The number of esters is 1. The van der Waals surface area contributed by atoms with Gasteiger partial charge in [0.15, 0.2) is 0 Å². The number of H-pyrrole nitrogens is 1. The van der Waals surface area contributed by atoms with Crippen molar-refractivity contribution in [3.63, 3.8) is 0 Å². The molecule has 176 valence electrons. The molecule has 0 spiro atoms. The number of imidazole rings is 1. The van der Waals surface area contributed by atoms with Crippen LogP contribution in [0.3, 0.4) is 0 Å². The molecule has 0 fully saturated rings. The molecular weight excluding hydrogens is 443 g/mol. The first-order chi connectivity index (χ1) is 15.6. The first kappa shape index (κ1) is 23.9. The van der Waals surface area contributed by atoms with Crippen LogP contribution in [0.2, 0.25) is 0 Å². The lowest BCUT2D eigenvalue weighted by Gasteiger charge is -2.21. The molecule has 2 aromatic heterocycles. The van der Waals surface area contributed by atoms with Crippen LogP contribution in [0.1, 0.15) is 34.9 Å². The number of aromatic nitrogens is 3. The zero-order chi connectivity index (χ0) is 24.2. The van der Waals surface area contributed by atoms with Crippen molar-refractivity contribution in [2.75, 3.05) is 7.11 Å². The summed E-state index contributed by atoms with van der Waals surface area (Å²) in [4.78, 5) is 32.3. The third-order valence-electron chi connectivity index (χ3n) is 5.15. The van der Waals surface area contributed by atoms with Gasteiger partial charge in [-0.25, -0.2) is 4.98 Å². The highest BCUT2D eigenvalue weighted by Crippen LogP contribution is 2.34. The second-order valence-electron chi connectivity index (χ2n) is 7.32. The molecule has 0 aliphatic heterocycles. The van der Waals surface area contributed by atoms with Gasteiger partial charge in [-0.2, -0.15) is 0 Å². The maximum Gasteiger partial charge on any atom is 0.573 e. The number of alkyl halides is 3. The molecule has 2 N–H and O–H groups in total. The number of pyridine rings is 1. The van der Waals surface area contributed by atoms with Crippen molar-refractivity contribution in [1.82, 2.24) is 14.5 Å². The second kappa shape index (κ2) is 9.80. The van der Waals surface area contributed by atoms with Gasteiger partial charge >= 0.3 is 12.3 Å². The van der Waals surface area contributed by atoms with Crippen molar-refractivity contribution in [2.24, 2.45) is 0 Å². The lowest BCUT2D eigenvalue weighted by atomic mass is 9.88. The molecule has 2 heterocycles. The third-order valence-corrected chi connectivity index (χ3v) is 5.15. The summed E-state index contributed by atoms with van der Waals surface area (Å²) in [6.45, 7) is 1.94. The number of benzene rings is 1. The van der Waals surface area contributed by atoms with Gasteiger partial charge in [-0.05, 0) is 30.7 Å². The van der Waals surface area contributed by atoms with Crippen LogP contribution >= 0.6 is 0 Å². The monoisotopic (exact) mass is 465 g/mol. The maximum atomic E-state index is 13.4. The average molecular weight is 465 g/mol. The summed E-state index contributed by atoms with van der Waals surface area (Å²) >= 11 is 0. The molecule has 0 radical (unpaired) electrons. The van der Waals surface area contributed by atoms with E-state index in [1.54, 1.807) is 13.1 Å². The normalized spacial score (nSPS) is 12.4. The Morgan fingerprint density at radius 1 is 1.27 bits per heavy atom. The number of halogens is 3. The molecule has 3 aromatic rings. The minimum absolute atomic E-state index is 0.0555. The maximum absolute atomic E-state index is 13.4. The number of ether oxygens (including phenoxy) is 2. The fraction of sp³-hybridized carbons (Fsp3) is 0.318. The molecule has 0 aliphatic carbocycles. The largest absolute Gasteiger partial charge is 0.573 e. The van der Waals surface area contributed by atoms with Crippen LogP contribution in [0.4, 0.5) is 13.2 Å². The van der Waals surface area contributed by atoms with E-state index in [-0.39, 0.29) is 24.3 Å². The Morgan fingerprint density at radius 3 is 2.55 bits per heavy atom. The summed E-state index contributed by atoms with van der Waals surface area (Å²) in [6.07, 6.45) is -1.54. The number of aromatic amines is 1. The smallest absolute Gasteiger partial charge is 0.507 e. The molecule has 8 nitrogen and oxygen atoms in total. The molecule has 0 saturated carbocycles. The van der Waals surface area contributed by atoms with Crippen LogP contribution in [-0.2, 0) is 22.5 Å². The fourth-order valence-corrected chi connectivity index (χ4v) is 3.57. The number of carbonyl (C=O) groups is 1. The highest BCUT2D eigenvalue weighted by Gasteiger charge is 2.31. The third kappa shape index (κ3) is 5.93. The van der Waals surface area contributed by atoms with Crippen LogP contribution in [0.15, 0.2) is 47.7 Å². The number of hydrogen-bond donors (Lipinski definition) is 2. The number of nitrogens with zero attached hydrogens (tertiary/aromatic N) is 2. The lowest BCUT2D eigenvalue weighted by Crippen LogP contribution is -2.29. The van der Waals surface area contributed by atoms with E-state index in [1.807, 2.05) is 0 Å². The van der Waals surface area contributed by atoms with Crippen molar-refractivity contribution in [3.8, 4) is 11.5 Å². The van der Waals surface area contributed by atoms with E-state index < -0.39 is 29.6 Å². The quantitative estimate of drug-likeness (QED) is 0.494. The van der Waals surface area contributed by atoms with E-state index in [0.717, 1.165) is 17.8 Å². The number of carbonyl (C=O) groups excluding carboxylic acids is 1. The molecule has 0 bridgehead atoms. The molecule has 11 heteroatoms. The van der Waals surface area contributed by atoms with Crippen LogP contribution in [0.25, 0.3) is 0 Å². The Labute approximate surface area is 186 Å². The van der Waals surface area contributed by atoms with Gasteiger partial charge in [-0.1, -0.05) is 12.1 Å². The van der Waals surface area contributed by atoms with Crippen molar-refractivity contribution in [2.45, 2.75) is 38.6 Å². The van der Waals surface area contributed by atoms with Gasteiger partial charge in [-0.3, -0.25) is 9.59 Å². The SMILES string of the molecule is COC(=O)C[C@@H](c1ccc(OC(F)(F)F)cc1)c1c(O)cc(C)n(CCc2cnc[nH]2)c1=O. The fourth-order valence-electron chi connectivity index (χ4n) is 3.57. The van der Waals surface area contributed by atoms with Gasteiger partial charge in [0.05, 0.1) is 25.4 Å². The number of methoxy groups -OCH3 is 1. The summed E-state index contributed by atoms with van der Waals surface area (Å²) in [6, 6.07) is 6.18. The van der Waals surface area contributed by atoms with Crippen molar-refractivity contribution < 1.29 is 32.5 Å². The van der Waals surface area contributed by atoms with Crippen molar-refractivity contribution >= 4 is 5.97 Å². The molecule has 0 amide bonds. The zero-order valence-corrected chi connectivity index (χ0v) is 17.8. The van der Waals surface area contributed by atoms with Crippen LogP contribution in [0, 0.1) is 6.92 Å². The first-order valence-corrected chi connectivity index (χ1v) is 9.92. The molecule has 0 unspecified atom stereocenters. The Morgan fingerprint density at radius 2 is 1.97 bits per heavy atom. The number of hydrogen-bond acceptors (Lipinski definition) is 6. The topological polar surface area (TPSA) is 106 Å². The predicted molar refractivity (Wildman–Crippen MR) is 111 cm³/mol. The van der Waals surface area contributed by atoms with E-state index in [4.69, 9.17) is 4.74 Å². The Balaban J connectivity index is 2.02. The predicted octanol–water partition coefficient (Wildman–Crippen LogP) is 3.42. The minimum atomic E-state index is -4.86. The first-order valence-electron chi connectivity index (χ1n) is 9.92. The second-order valence-corrected chi connectivity index (χ2v) is 7.32. The van der Waals surface area contributed by atoms with Gasteiger partial charge in [0.1, 0.15) is 11.5 Å². The van der Waals surface area contributed by atoms with Gasteiger partial charge in [-0.15, -0.1) is 13.2 Å². The molecule has 1 atom stereocenters. The van der Waals surface area contributed by atoms with E-state index in [1.165, 1.54) is 36.2 Å². The van der Waals surface area contributed by atoms with E-state index in [0.29, 0.717) is 17.7 Å². The summed E-state index contributed by atoms with van der Waals surface area (Å²) < 4.78 is 47.5. The van der Waals surface area contributed by atoms with E-state index >= 15 is 0 Å². The van der Waals surface area contributed by atoms with Crippen molar-refractivity contribution in [1.29, 1.82) is 0 Å². The van der Waals surface area contributed by atoms with Gasteiger partial charge in [0.25, 0.3) is 5.56 Å². The summed E-state index contributed by atoms with van der Waals surface area (Å²) in [5, 5.41) is 10.6. The number of aromatic hydroxyl groups is 1. The molecule has 0 saturated heterocycles. The van der Waals surface area contributed by atoms with Crippen LogP contribution in [-0.4, -0.2) is 39.1 Å². The zero-order valence-electron chi connectivity index (χ0n) is 17.8. The molecular formula is C22H22F3N3O5. The van der Waals surface area contributed by atoms with Gasteiger partial charge in [0.2, 0.25) is 0 Å². The van der Waals surface area contributed by atoms with E-state index in [2.05, 4.69) is 14.7 Å². The van der Waals surface area contributed by atoms with E-state index in [9.17, 15) is 27.9 Å². The van der Waals surface area contributed by atoms with Crippen molar-refractivity contribution in [3.05, 3.63) is 75.7 Å². The molecule has 3 rings (SSSR count). The van der Waals surface area contributed by atoms with Crippen LogP contribution < -0.4 is 10.3 Å². The lowest BCUT2D eigenvalue weighted by molar-refractivity contribution is -0.274. The summed E-state index contributed by atoms with van der Waals surface area (Å²) in [7, 11) is 1.18. The van der Waals surface area contributed by atoms with Gasteiger partial charge < -0.3 is 24.1 Å². The number of aryl methyl sites for hydroxylation is 2. The summed E-state index contributed by atoms with van der Waals surface area (Å²) in [5.74, 6) is -2.38. The highest BCUT2D eigenvalue weighted by molar-refractivity contribution is 5.71. The van der Waals surface area contributed by atoms with Gasteiger partial charge in [0, 0.05) is 36.5 Å². The summed E-state index contributed by atoms with van der Waals surface area (Å²) in [5.41, 5.74) is 1.08. The standard InChI is InChI=1S/C22H22F3N3O5/c1-13-9-18(29)20(21(31)28(13)8-7-15-11-26-12-27-15)17(10-19(30)32-2)14-3-5-16(6-4-14)33-22(23,24)25/h3-6,9,11-12,17,29H,7-8,10H2,1-2H3,(H,26,27)/t17-/m0/s1. The molecule has 33 heavy (non-hydrogen) atoms. The Bertz CT molecular complexity index is 1160. The number of nitrogens with one attached hydrogen (secondary N) is 1. The van der Waals surface area contributed by atoms with Crippen LogP contribution in [0.5, 0.6) is 11.5 Å². The minimum Gasteiger partial charge on any atom is -0.507 e. The Hall–Kier alpha value is -3.76. The Kier molecular flexibility index (Phi) is 7.10. The number of rotatable bonds is 8.